The summed E-state index contributed by atoms with van der Waals surface area (Å²) in [5.74, 6) is 0. The van der Waals surface area contributed by atoms with Crippen molar-refractivity contribution in [3.63, 3.8) is 0 Å². The molecule has 2 aromatic carbocycles. The van der Waals surface area contributed by atoms with Crippen LogP contribution in [0.5, 0.6) is 0 Å². The number of benzene rings is 2. The van der Waals surface area contributed by atoms with Crippen LogP contribution < -0.4 is 0 Å². The maximum atomic E-state index is 12.9. The van der Waals surface area contributed by atoms with E-state index >= 15 is 0 Å². The average Bonchev–Trinajstić information content (AvgIpc) is 2.68. The fourth-order valence-electron chi connectivity index (χ4n) is 3.30. The molecule has 0 fully saturated rings. The molecule has 0 aromatic heterocycles. The second kappa shape index (κ2) is 5.18. The maximum Gasteiger partial charge on any atom is 0.227 e. The van der Waals surface area contributed by atoms with Gasteiger partial charge < -0.3 is 15.4 Å². The molecule has 0 spiro atoms. The highest BCUT2D eigenvalue weighted by atomic mass is 16.5. The van der Waals surface area contributed by atoms with Gasteiger partial charge in [0, 0.05) is 19.4 Å². The molecule has 0 bridgehead atoms. The van der Waals surface area contributed by atoms with E-state index in [9.17, 15) is 15.4 Å². The zero-order chi connectivity index (χ0) is 16.8. The molecule has 2 N–H and O–H groups in total. The molecule has 4 nitrogen and oxygen atoms in total. The van der Waals surface area contributed by atoms with E-state index in [4.69, 9.17) is 0 Å². The summed E-state index contributed by atoms with van der Waals surface area (Å²) in [5, 5.41) is 35.1. The van der Waals surface area contributed by atoms with Crippen molar-refractivity contribution >= 4 is 5.71 Å². The summed E-state index contributed by atoms with van der Waals surface area (Å²) in [6, 6.07) is 16.2. The quantitative estimate of drug-likeness (QED) is 0.661. The highest BCUT2D eigenvalue weighted by molar-refractivity contribution is 6.02. The van der Waals surface area contributed by atoms with Gasteiger partial charge in [-0.2, -0.15) is 4.74 Å². The van der Waals surface area contributed by atoms with Gasteiger partial charge in [-0.25, -0.2) is 0 Å². The molecule has 0 unspecified atom stereocenters. The van der Waals surface area contributed by atoms with Crippen LogP contribution >= 0.6 is 0 Å². The summed E-state index contributed by atoms with van der Waals surface area (Å²) in [6.07, 6.45) is -1.31. The SMILES string of the molecule is Cc1ccc([C@@]2(O)[C@@H](O)C(c3ccccc3)=[N+]([O-])C2(C)C)cc1. The van der Waals surface area contributed by atoms with Crippen LogP contribution in [0.15, 0.2) is 54.6 Å². The molecule has 23 heavy (non-hydrogen) atoms. The summed E-state index contributed by atoms with van der Waals surface area (Å²) in [5.41, 5.74) is -0.494. The Hall–Kier alpha value is -2.17. The fraction of sp³-hybridized carbons (Fsp3) is 0.316. The fourth-order valence-corrected chi connectivity index (χ4v) is 3.30. The number of rotatable bonds is 2. The lowest BCUT2D eigenvalue weighted by molar-refractivity contribution is -0.554. The number of hydroxylamine groups is 1. The first kappa shape index (κ1) is 15.7. The lowest BCUT2D eigenvalue weighted by Gasteiger charge is -2.35. The molecule has 0 radical (unpaired) electrons. The van der Waals surface area contributed by atoms with E-state index in [0.29, 0.717) is 11.1 Å². The number of aryl methyl sites for hydroxylation is 1. The molecule has 1 aliphatic heterocycles. The third kappa shape index (κ3) is 2.10. The van der Waals surface area contributed by atoms with Gasteiger partial charge in [-0.1, -0.05) is 48.0 Å². The third-order valence-electron chi connectivity index (χ3n) is 4.88. The smallest absolute Gasteiger partial charge is 0.227 e. The molecule has 1 aliphatic rings. The lowest BCUT2D eigenvalue weighted by atomic mass is 9.75. The summed E-state index contributed by atoms with van der Waals surface area (Å²) in [7, 11) is 0. The molecule has 0 saturated carbocycles. The molecule has 2 atom stereocenters. The minimum Gasteiger partial charge on any atom is -0.623 e. The van der Waals surface area contributed by atoms with Crippen LogP contribution in [-0.4, -0.2) is 32.3 Å². The normalized spacial score (nSPS) is 26.6. The van der Waals surface area contributed by atoms with Gasteiger partial charge in [0.1, 0.15) is 0 Å². The van der Waals surface area contributed by atoms with Crippen molar-refractivity contribution in [1.29, 1.82) is 0 Å². The second-order valence-corrected chi connectivity index (χ2v) is 6.64. The molecule has 0 aliphatic carbocycles. The van der Waals surface area contributed by atoms with E-state index in [-0.39, 0.29) is 5.71 Å². The highest BCUT2D eigenvalue weighted by Gasteiger charge is 2.65. The second-order valence-electron chi connectivity index (χ2n) is 6.64. The Labute approximate surface area is 135 Å². The number of aliphatic hydroxyl groups excluding tert-OH is 1. The van der Waals surface area contributed by atoms with Gasteiger partial charge in [-0.05, 0) is 24.6 Å². The highest BCUT2D eigenvalue weighted by Crippen LogP contribution is 2.44. The molecule has 1 heterocycles. The minimum atomic E-state index is -1.69. The van der Waals surface area contributed by atoms with E-state index in [1.54, 1.807) is 50.2 Å². The Morgan fingerprint density at radius 3 is 2.13 bits per heavy atom. The van der Waals surface area contributed by atoms with Gasteiger partial charge in [0.15, 0.2) is 11.7 Å². The molecule has 4 heteroatoms. The van der Waals surface area contributed by atoms with E-state index in [1.165, 1.54) is 0 Å². The van der Waals surface area contributed by atoms with Crippen LogP contribution in [0.3, 0.4) is 0 Å². The average molecular weight is 311 g/mol. The van der Waals surface area contributed by atoms with Crippen molar-refractivity contribution in [2.75, 3.05) is 0 Å². The number of hydrogen-bond acceptors (Lipinski definition) is 3. The number of aliphatic hydroxyl groups is 2. The predicted octanol–water partition coefficient (Wildman–Crippen LogP) is 2.34. The molecule has 120 valence electrons. The van der Waals surface area contributed by atoms with Crippen LogP contribution in [0.4, 0.5) is 0 Å². The van der Waals surface area contributed by atoms with E-state index in [2.05, 4.69) is 0 Å². The van der Waals surface area contributed by atoms with Crippen molar-refractivity contribution in [3.05, 3.63) is 76.5 Å². The molecule has 3 rings (SSSR count). The Morgan fingerprint density at radius 2 is 1.57 bits per heavy atom. The predicted molar refractivity (Wildman–Crippen MR) is 89.3 cm³/mol. The van der Waals surface area contributed by atoms with E-state index in [1.807, 2.05) is 25.1 Å². The summed E-state index contributed by atoms with van der Waals surface area (Å²) >= 11 is 0. The van der Waals surface area contributed by atoms with Crippen LogP contribution in [-0.2, 0) is 5.60 Å². The van der Waals surface area contributed by atoms with Gasteiger partial charge in [-0.15, -0.1) is 0 Å². The van der Waals surface area contributed by atoms with Gasteiger partial charge in [0.05, 0.1) is 0 Å². The lowest BCUT2D eigenvalue weighted by Crippen LogP contribution is -2.54. The Bertz CT molecular complexity index is 750. The molecule has 0 amide bonds. The summed E-state index contributed by atoms with van der Waals surface area (Å²) < 4.78 is 0.743. The Balaban J connectivity index is 2.17. The van der Waals surface area contributed by atoms with Crippen molar-refractivity contribution in [2.45, 2.75) is 38.0 Å². The molecule has 0 saturated heterocycles. The van der Waals surface area contributed by atoms with Gasteiger partial charge in [0.25, 0.3) is 0 Å². The van der Waals surface area contributed by atoms with Crippen LogP contribution in [0.25, 0.3) is 0 Å². The van der Waals surface area contributed by atoms with Crippen molar-refractivity contribution < 1.29 is 15.0 Å². The van der Waals surface area contributed by atoms with Gasteiger partial charge in [0.2, 0.25) is 11.3 Å². The first-order valence-electron chi connectivity index (χ1n) is 7.67. The summed E-state index contributed by atoms with van der Waals surface area (Å²) in [6.45, 7) is 5.25. The van der Waals surface area contributed by atoms with Crippen LogP contribution in [0.2, 0.25) is 0 Å². The zero-order valence-electron chi connectivity index (χ0n) is 13.5. The molecule has 2 aromatic rings. The maximum absolute atomic E-state index is 12.9. The first-order chi connectivity index (χ1) is 10.8. The third-order valence-corrected chi connectivity index (χ3v) is 4.88. The molecular formula is C19H21NO3. The summed E-state index contributed by atoms with van der Waals surface area (Å²) in [4.78, 5) is 0. The Kier molecular flexibility index (Phi) is 3.54. The van der Waals surface area contributed by atoms with Gasteiger partial charge in [-0.3, -0.25) is 0 Å². The van der Waals surface area contributed by atoms with E-state index in [0.717, 1.165) is 10.3 Å². The van der Waals surface area contributed by atoms with Crippen LogP contribution in [0, 0.1) is 12.1 Å². The van der Waals surface area contributed by atoms with Gasteiger partial charge >= 0.3 is 0 Å². The van der Waals surface area contributed by atoms with Crippen molar-refractivity contribution in [3.8, 4) is 0 Å². The number of hydrogen-bond donors (Lipinski definition) is 2. The van der Waals surface area contributed by atoms with Crippen molar-refractivity contribution in [2.24, 2.45) is 0 Å². The minimum absolute atomic E-state index is 0.193. The van der Waals surface area contributed by atoms with E-state index < -0.39 is 17.2 Å². The molecular weight excluding hydrogens is 290 g/mol. The van der Waals surface area contributed by atoms with Crippen molar-refractivity contribution in [1.82, 2.24) is 0 Å². The van der Waals surface area contributed by atoms with Crippen LogP contribution in [0.1, 0.15) is 30.5 Å². The monoisotopic (exact) mass is 311 g/mol. The Morgan fingerprint density at radius 1 is 1.00 bits per heavy atom. The largest absolute Gasteiger partial charge is 0.623 e. The topological polar surface area (TPSA) is 66.5 Å². The zero-order valence-corrected chi connectivity index (χ0v) is 13.5. The first-order valence-corrected chi connectivity index (χ1v) is 7.67. The number of nitrogens with zero attached hydrogens (tertiary/aromatic N) is 1. The standard InChI is InChI=1S/C19H21NO3/c1-13-9-11-15(12-10-13)19(22)17(21)16(20(23)18(19,2)3)14-7-5-4-6-8-14/h4-12,17,21-22H,1-3H3/t17-,19+/m0/s1.